The van der Waals surface area contributed by atoms with Crippen LogP contribution < -0.4 is 15.0 Å². The zero-order valence-electron chi connectivity index (χ0n) is 17.2. The molecule has 0 aliphatic carbocycles. The van der Waals surface area contributed by atoms with Gasteiger partial charge in [0.25, 0.3) is 0 Å². The van der Waals surface area contributed by atoms with Gasteiger partial charge < -0.3 is 15.0 Å². The lowest BCUT2D eigenvalue weighted by Gasteiger charge is -2.16. The molecule has 33 heavy (non-hydrogen) atoms. The second-order valence-electron chi connectivity index (χ2n) is 7.46. The van der Waals surface area contributed by atoms with E-state index in [4.69, 9.17) is 0 Å². The molecule has 0 atom stereocenters. The minimum atomic E-state index is -3.11. The Morgan fingerprint density at radius 2 is 1.91 bits per heavy atom. The largest absolute Gasteiger partial charge is 0.432 e. The van der Waals surface area contributed by atoms with Crippen molar-refractivity contribution in [2.75, 3.05) is 16.8 Å². The van der Waals surface area contributed by atoms with E-state index in [0.29, 0.717) is 29.1 Å². The van der Waals surface area contributed by atoms with E-state index < -0.39 is 18.2 Å². The molecule has 1 N–H and O–H groups in total. The van der Waals surface area contributed by atoms with E-state index in [9.17, 15) is 18.0 Å². The van der Waals surface area contributed by atoms with Gasteiger partial charge in [-0.25, -0.2) is 14.4 Å². The monoisotopic (exact) mass is 453 g/mol. The average molecular weight is 453 g/mol. The normalized spacial score (nSPS) is 13.8. The SMILES string of the molecule is O=C1CCCN1c1ccc(Nc2nccn3c(-c4ccc(OC(F)F)c(F)c4)cnc23)cc1. The summed E-state index contributed by atoms with van der Waals surface area (Å²) in [6.45, 7) is -2.38. The van der Waals surface area contributed by atoms with E-state index in [0.717, 1.165) is 36.5 Å². The number of benzene rings is 2. The topological polar surface area (TPSA) is 71.8 Å². The molecule has 168 valence electrons. The Balaban J connectivity index is 1.41. The van der Waals surface area contributed by atoms with E-state index in [-0.39, 0.29) is 5.91 Å². The van der Waals surface area contributed by atoms with Gasteiger partial charge >= 0.3 is 6.61 Å². The van der Waals surface area contributed by atoms with Crippen LogP contribution in [0.15, 0.2) is 61.1 Å². The van der Waals surface area contributed by atoms with E-state index in [1.54, 1.807) is 27.9 Å². The predicted molar refractivity (Wildman–Crippen MR) is 116 cm³/mol. The van der Waals surface area contributed by atoms with Crippen LogP contribution in [0.5, 0.6) is 5.75 Å². The van der Waals surface area contributed by atoms with E-state index in [1.165, 1.54) is 6.07 Å². The standard InChI is InChI=1S/C23H18F3N5O2/c24-17-12-14(3-8-19(17)33-23(25)26)18-13-28-22-21(27-9-11-31(18)22)29-15-4-6-16(7-5-15)30-10-1-2-20(30)32/h3-9,11-13,23H,1-2,10H2,(H,27,29). The molecule has 0 unspecified atom stereocenters. The van der Waals surface area contributed by atoms with Gasteiger partial charge in [0.15, 0.2) is 23.0 Å². The van der Waals surface area contributed by atoms with Crippen molar-refractivity contribution in [1.29, 1.82) is 0 Å². The van der Waals surface area contributed by atoms with Gasteiger partial charge in [-0.2, -0.15) is 8.78 Å². The van der Waals surface area contributed by atoms with Crippen molar-refractivity contribution in [2.24, 2.45) is 0 Å². The zero-order chi connectivity index (χ0) is 22.9. The van der Waals surface area contributed by atoms with Gasteiger partial charge in [-0.05, 0) is 48.9 Å². The highest BCUT2D eigenvalue weighted by molar-refractivity contribution is 5.95. The fourth-order valence-electron chi connectivity index (χ4n) is 3.86. The number of hydrogen-bond donors (Lipinski definition) is 1. The second-order valence-corrected chi connectivity index (χ2v) is 7.46. The molecule has 0 radical (unpaired) electrons. The summed E-state index contributed by atoms with van der Waals surface area (Å²) < 4.78 is 44.9. The summed E-state index contributed by atoms with van der Waals surface area (Å²) in [6.07, 6.45) is 6.22. The number of nitrogens with zero attached hydrogens (tertiary/aromatic N) is 4. The lowest BCUT2D eigenvalue weighted by Crippen LogP contribution is -2.23. The minimum Gasteiger partial charge on any atom is -0.432 e. The number of anilines is 3. The molecule has 1 amide bonds. The van der Waals surface area contributed by atoms with Crippen LogP contribution in [-0.4, -0.2) is 33.4 Å². The molecule has 4 aromatic rings. The molecule has 1 fully saturated rings. The molecule has 0 spiro atoms. The second kappa shape index (κ2) is 8.45. The van der Waals surface area contributed by atoms with E-state index >= 15 is 0 Å². The third-order valence-corrected chi connectivity index (χ3v) is 5.39. The zero-order valence-corrected chi connectivity index (χ0v) is 17.2. The maximum atomic E-state index is 14.2. The molecule has 2 aromatic carbocycles. The van der Waals surface area contributed by atoms with E-state index in [2.05, 4.69) is 20.0 Å². The van der Waals surface area contributed by atoms with Crippen LogP contribution in [0.1, 0.15) is 12.8 Å². The summed E-state index contributed by atoms with van der Waals surface area (Å²) in [5.41, 5.74) is 3.10. The molecule has 1 aliphatic heterocycles. The Kier molecular flexibility index (Phi) is 5.33. The van der Waals surface area contributed by atoms with Crippen molar-refractivity contribution in [1.82, 2.24) is 14.4 Å². The highest BCUT2D eigenvalue weighted by Crippen LogP contribution is 2.30. The van der Waals surface area contributed by atoms with Crippen LogP contribution in [0.4, 0.5) is 30.4 Å². The summed E-state index contributed by atoms with van der Waals surface area (Å²) >= 11 is 0. The maximum Gasteiger partial charge on any atom is 0.387 e. The molecule has 0 bridgehead atoms. The van der Waals surface area contributed by atoms with Crippen LogP contribution in [-0.2, 0) is 4.79 Å². The summed E-state index contributed by atoms with van der Waals surface area (Å²) in [6, 6.07) is 11.2. The number of rotatable bonds is 6. The van der Waals surface area contributed by atoms with Crippen molar-refractivity contribution in [3.8, 4) is 17.0 Å². The third-order valence-electron chi connectivity index (χ3n) is 5.39. The van der Waals surface area contributed by atoms with E-state index in [1.807, 2.05) is 24.3 Å². The van der Waals surface area contributed by atoms with Crippen molar-refractivity contribution in [2.45, 2.75) is 19.5 Å². The average Bonchev–Trinajstić information content (AvgIpc) is 3.42. The Bertz CT molecular complexity index is 1320. The Morgan fingerprint density at radius 3 is 2.61 bits per heavy atom. The van der Waals surface area contributed by atoms with Crippen molar-refractivity contribution >= 4 is 28.7 Å². The van der Waals surface area contributed by atoms with Crippen LogP contribution in [0.25, 0.3) is 16.9 Å². The molecule has 5 rings (SSSR count). The van der Waals surface area contributed by atoms with Crippen LogP contribution in [0, 0.1) is 5.82 Å². The molecular formula is C23H18F3N5O2. The number of ether oxygens (including phenoxy) is 1. The van der Waals surface area contributed by atoms with Gasteiger partial charge in [-0.1, -0.05) is 0 Å². The fraction of sp³-hybridized carbons (Fsp3) is 0.174. The number of alkyl halides is 2. The minimum absolute atomic E-state index is 0.122. The number of fused-ring (bicyclic) bond motifs is 1. The molecule has 1 aliphatic rings. The highest BCUT2D eigenvalue weighted by Gasteiger charge is 2.21. The summed E-state index contributed by atoms with van der Waals surface area (Å²) in [4.78, 5) is 22.4. The lowest BCUT2D eigenvalue weighted by molar-refractivity contribution is -0.117. The molecule has 2 aromatic heterocycles. The van der Waals surface area contributed by atoms with Crippen LogP contribution in [0.2, 0.25) is 0 Å². The van der Waals surface area contributed by atoms with Crippen LogP contribution in [0.3, 0.4) is 0 Å². The summed E-state index contributed by atoms with van der Waals surface area (Å²) in [7, 11) is 0. The Morgan fingerprint density at radius 1 is 1.09 bits per heavy atom. The Hall–Kier alpha value is -4.08. The molecule has 7 nitrogen and oxygen atoms in total. The first kappa shape index (κ1) is 20.8. The quantitative estimate of drug-likeness (QED) is 0.445. The first-order valence-electron chi connectivity index (χ1n) is 10.2. The fourth-order valence-corrected chi connectivity index (χ4v) is 3.86. The number of imidazole rings is 1. The van der Waals surface area contributed by atoms with Crippen molar-refractivity contribution < 1.29 is 22.7 Å². The van der Waals surface area contributed by atoms with Gasteiger partial charge in [-0.15, -0.1) is 0 Å². The molecule has 0 saturated carbocycles. The molecule has 3 heterocycles. The Labute approximate surface area is 186 Å². The van der Waals surface area contributed by atoms with Gasteiger partial charge in [0.2, 0.25) is 5.91 Å². The first-order chi connectivity index (χ1) is 16.0. The van der Waals surface area contributed by atoms with Gasteiger partial charge in [0, 0.05) is 42.3 Å². The number of nitrogens with one attached hydrogen (secondary N) is 1. The van der Waals surface area contributed by atoms with Crippen LogP contribution >= 0.6 is 0 Å². The molecular weight excluding hydrogens is 435 g/mol. The molecule has 1 saturated heterocycles. The predicted octanol–water partition coefficient (Wildman–Crippen LogP) is 5.01. The third kappa shape index (κ3) is 4.07. The number of carbonyl (C=O) groups excluding carboxylic acids is 1. The number of hydrogen-bond acceptors (Lipinski definition) is 5. The summed E-state index contributed by atoms with van der Waals surface area (Å²) in [5, 5.41) is 3.21. The van der Waals surface area contributed by atoms with Crippen molar-refractivity contribution in [3.63, 3.8) is 0 Å². The van der Waals surface area contributed by atoms with Gasteiger partial charge in [0.1, 0.15) is 0 Å². The molecule has 10 heteroatoms. The lowest BCUT2D eigenvalue weighted by atomic mass is 10.1. The smallest absolute Gasteiger partial charge is 0.387 e. The number of amides is 1. The highest BCUT2D eigenvalue weighted by atomic mass is 19.3. The van der Waals surface area contributed by atoms with Gasteiger partial charge in [-0.3, -0.25) is 9.20 Å². The first-order valence-corrected chi connectivity index (χ1v) is 10.2. The van der Waals surface area contributed by atoms with Crippen molar-refractivity contribution in [3.05, 3.63) is 66.9 Å². The number of halogens is 3. The summed E-state index contributed by atoms with van der Waals surface area (Å²) in [5.74, 6) is -0.818. The number of carbonyl (C=O) groups is 1. The number of aromatic nitrogens is 3. The maximum absolute atomic E-state index is 14.2. The van der Waals surface area contributed by atoms with Gasteiger partial charge in [0.05, 0.1) is 11.9 Å².